The van der Waals surface area contributed by atoms with Crippen LogP contribution in [-0.2, 0) is 4.79 Å². The number of methoxy groups -OCH3 is 1. The summed E-state index contributed by atoms with van der Waals surface area (Å²) >= 11 is 0. The van der Waals surface area contributed by atoms with Gasteiger partial charge in [0, 0.05) is 6.42 Å². The molecule has 0 amide bonds. The molecule has 1 aromatic carbocycles. The number of nitrogens with two attached hydrogens (primary N) is 1. The van der Waals surface area contributed by atoms with Gasteiger partial charge in [-0.2, -0.15) is 0 Å². The summed E-state index contributed by atoms with van der Waals surface area (Å²) < 4.78 is 5.02. The molecule has 0 fully saturated rings. The summed E-state index contributed by atoms with van der Waals surface area (Å²) in [6.45, 7) is 0.719. The number of ketones is 1. The number of unbranched alkanes of at least 4 members (excludes halogenated alkanes) is 3. The Morgan fingerprint density at radius 1 is 1.30 bits per heavy atom. The molecule has 3 N–H and O–H groups in total. The average Bonchev–Trinajstić information content (AvgIpc) is 2.46. The summed E-state index contributed by atoms with van der Waals surface area (Å²) in [5.41, 5.74) is 6.24. The van der Waals surface area contributed by atoms with Crippen LogP contribution in [0.3, 0.4) is 0 Å². The molecule has 0 heterocycles. The Kier molecular flexibility index (Phi) is 7.43. The summed E-state index contributed by atoms with van der Waals surface area (Å²) in [5.74, 6) is 0.613. The van der Waals surface area contributed by atoms with Crippen LogP contribution in [-0.4, -0.2) is 24.5 Å². The van der Waals surface area contributed by atoms with Crippen molar-refractivity contribution in [3.05, 3.63) is 29.8 Å². The minimum Gasteiger partial charge on any atom is -0.504 e. The van der Waals surface area contributed by atoms with Crippen LogP contribution in [0.4, 0.5) is 0 Å². The third-order valence-corrected chi connectivity index (χ3v) is 3.04. The highest BCUT2D eigenvalue weighted by Crippen LogP contribution is 2.26. The lowest BCUT2D eigenvalue weighted by molar-refractivity contribution is -0.114. The van der Waals surface area contributed by atoms with Gasteiger partial charge < -0.3 is 15.6 Å². The molecule has 4 heteroatoms. The van der Waals surface area contributed by atoms with Crippen LogP contribution < -0.4 is 10.5 Å². The molecular weight excluding hydrogens is 254 g/mol. The summed E-state index contributed by atoms with van der Waals surface area (Å²) in [6, 6.07) is 4.99. The van der Waals surface area contributed by atoms with Gasteiger partial charge in [-0.25, -0.2) is 0 Å². The highest BCUT2D eigenvalue weighted by Gasteiger charge is 2.01. The first-order valence-electron chi connectivity index (χ1n) is 6.95. The quantitative estimate of drug-likeness (QED) is 0.537. The van der Waals surface area contributed by atoms with Crippen LogP contribution in [0, 0.1) is 0 Å². The number of aromatic hydroxyl groups is 1. The van der Waals surface area contributed by atoms with E-state index < -0.39 is 0 Å². The van der Waals surface area contributed by atoms with Crippen molar-refractivity contribution in [2.45, 2.75) is 32.1 Å². The van der Waals surface area contributed by atoms with E-state index in [9.17, 15) is 9.90 Å². The minimum absolute atomic E-state index is 0.0934. The molecule has 20 heavy (non-hydrogen) atoms. The molecular formula is C16H23NO3. The van der Waals surface area contributed by atoms with Crippen molar-refractivity contribution in [2.75, 3.05) is 13.7 Å². The zero-order chi connectivity index (χ0) is 14.8. The lowest BCUT2D eigenvalue weighted by atomic mass is 10.1. The molecule has 110 valence electrons. The van der Waals surface area contributed by atoms with E-state index in [-0.39, 0.29) is 11.5 Å². The second-order valence-electron chi connectivity index (χ2n) is 4.68. The van der Waals surface area contributed by atoms with Crippen molar-refractivity contribution < 1.29 is 14.6 Å². The molecule has 0 atom stereocenters. The van der Waals surface area contributed by atoms with Crippen LogP contribution in [0.5, 0.6) is 11.5 Å². The maximum Gasteiger partial charge on any atom is 0.161 e. The van der Waals surface area contributed by atoms with E-state index in [1.807, 2.05) is 0 Å². The number of rotatable bonds is 9. The molecule has 0 aliphatic heterocycles. The number of carbonyl (C=O) groups is 1. The number of hydrogen-bond acceptors (Lipinski definition) is 4. The van der Waals surface area contributed by atoms with Gasteiger partial charge in [-0.1, -0.05) is 25.0 Å². The maximum absolute atomic E-state index is 11.7. The molecule has 0 spiro atoms. The smallest absolute Gasteiger partial charge is 0.161 e. The van der Waals surface area contributed by atoms with Crippen LogP contribution in [0.2, 0.25) is 0 Å². The normalized spacial score (nSPS) is 10.9. The fraction of sp³-hybridized carbons (Fsp3) is 0.438. The molecule has 0 aliphatic rings. The summed E-state index contributed by atoms with van der Waals surface area (Å²) in [6.07, 6.45) is 7.95. The molecule has 0 saturated heterocycles. The van der Waals surface area contributed by atoms with Gasteiger partial charge in [-0.05, 0) is 43.2 Å². The number of allylic oxidation sites excluding steroid dienone is 1. The predicted octanol–water partition coefficient (Wildman–Crippen LogP) is 2.89. The Balaban J connectivity index is 2.41. The zero-order valence-corrected chi connectivity index (χ0v) is 12.0. The van der Waals surface area contributed by atoms with Crippen LogP contribution in [0.15, 0.2) is 24.3 Å². The molecule has 0 radical (unpaired) electrons. The number of benzene rings is 1. The fourth-order valence-electron chi connectivity index (χ4n) is 1.87. The van der Waals surface area contributed by atoms with Gasteiger partial charge in [0.15, 0.2) is 17.3 Å². The molecule has 0 saturated carbocycles. The van der Waals surface area contributed by atoms with E-state index in [1.54, 1.807) is 30.4 Å². The molecule has 0 aliphatic carbocycles. The van der Waals surface area contributed by atoms with Gasteiger partial charge in [0.25, 0.3) is 0 Å². The van der Waals surface area contributed by atoms with E-state index in [2.05, 4.69) is 0 Å². The van der Waals surface area contributed by atoms with Gasteiger partial charge in [0.1, 0.15) is 0 Å². The lowest BCUT2D eigenvalue weighted by Gasteiger charge is -2.03. The molecule has 0 aromatic heterocycles. The average molecular weight is 277 g/mol. The van der Waals surface area contributed by atoms with Gasteiger partial charge >= 0.3 is 0 Å². The Labute approximate surface area is 120 Å². The van der Waals surface area contributed by atoms with E-state index in [1.165, 1.54) is 7.11 Å². The number of phenolic OH excluding ortho intramolecular Hbond substituents is 1. The van der Waals surface area contributed by atoms with Crippen molar-refractivity contribution in [3.8, 4) is 11.5 Å². The predicted molar refractivity (Wildman–Crippen MR) is 80.8 cm³/mol. The van der Waals surface area contributed by atoms with Crippen LogP contribution >= 0.6 is 0 Å². The first kappa shape index (κ1) is 16.2. The first-order valence-corrected chi connectivity index (χ1v) is 6.95. The Hall–Kier alpha value is -1.81. The van der Waals surface area contributed by atoms with E-state index in [4.69, 9.17) is 10.5 Å². The maximum atomic E-state index is 11.7. The summed E-state index contributed by atoms with van der Waals surface area (Å²) in [4.78, 5) is 11.7. The third kappa shape index (κ3) is 5.89. The molecule has 0 unspecified atom stereocenters. The minimum atomic E-state index is 0.0934. The first-order chi connectivity index (χ1) is 9.67. The topological polar surface area (TPSA) is 72.5 Å². The standard InChI is InChI=1S/C16H23NO3/c1-20-16-12-13(8-10-15(16)19)7-9-14(18)6-4-2-3-5-11-17/h7-10,12,19H,2-6,11,17H2,1H3/b9-7+. The zero-order valence-electron chi connectivity index (χ0n) is 12.0. The fourth-order valence-corrected chi connectivity index (χ4v) is 1.87. The Morgan fingerprint density at radius 2 is 2.05 bits per heavy atom. The molecule has 1 rings (SSSR count). The van der Waals surface area contributed by atoms with E-state index >= 15 is 0 Å². The monoisotopic (exact) mass is 277 g/mol. The highest BCUT2D eigenvalue weighted by atomic mass is 16.5. The lowest BCUT2D eigenvalue weighted by Crippen LogP contribution is -1.98. The van der Waals surface area contributed by atoms with Crippen LogP contribution in [0.25, 0.3) is 6.08 Å². The molecule has 1 aromatic rings. The summed E-state index contributed by atoms with van der Waals surface area (Å²) in [5, 5.41) is 9.47. The second kappa shape index (κ2) is 9.15. The third-order valence-electron chi connectivity index (χ3n) is 3.04. The van der Waals surface area contributed by atoms with Gasteiger partial charge in [-0.3, -0.25) is 4.79 Å². The van der Waals surface area contributed by atoms with Crippen molar-refractivity contribution in [3.63, 3.8) is 0 Å². The largest absolute Gasteiger partial charge is 0.504 e. The second-order valence-corrected chi connectivity index (χ2v) is 4.68. The van der Waals surface area contributed by atoms with Gasteiger partial charge in [0.05, 0.1) is 7.11 Å². The van der Waals surface area contributed by atoms with E-state index in [0.717, 1.165) is 37.8 Å². The van der Waals surface area contributed by atoms with Crippen molar-refractivity contribution in [1.29, 1.82) is 0 Å². The number of hydrogen-bond donors (Lipinski definition) is 2. The van der Waals surface area contributed by atoms with Gasteiger partial charge in [-0.15, -0.1) is 0 Å². The Bertz CT molecular complexity index is 455. The van der Waals surface area contributed by atoms with Crippen molar-refractivity contribution >= 4 is 11.9 Å². The van der Waals surface area contributed by atoms with Crippen molar-refractivity contribution in [2.24, 2.45) is 5.73 Å². The Morgan fingerprint density at radius 3 is 2.75 bits per heavy atom. The number of ether oxygens (including phenoxy) is 1. The van der Waals surface area contributed by atoms with Crippen molar-refractivity contribution in [1.82, 2.24) is 0 Å². The number of carbonyl (C=O) groups excluding carboxylic acids is 1. The van der Waals surface area contributed by atoms with E-state index in [0.29, 0.717) is 12.2 Å². The summed E-state index contributed by atoms with van der Waals surface area (Å²) in [7, 11) is 1.50. The highest BCUT2D eigenvalue weighted by molar-refractivity contribution is 5.93. The number of phenols is 1. The van der Waals surface area contributed by atoms with Crippen LogP contribution in [0.1, 0.15) is 37.7 Å². The SMILES string of the molecule is COc1cc(/C=C/C(=O)CCCCCCN)ccc1O. The molecule has 0 bridgehead atoms. The molecule has 4 nitrogen and oxygen atoms in total. The van der Waals surface area contributed by atoms with Gasteiger partial charge in [0.2, 0.25) is 0 Å².